The molecule has 0 aliphatic rings. The number of amides is 1. The molecule has 2 aromatic carbocycles. The van der Waals surface area contributed by atoms with E-state index in [1.165, 1.54) is 24.3 Å². The van der Waals surface area contributed by atoms with Gasteiger partial charge in [-0.3, -0.25) is 4.79 Å². The number of carbonyl (C=O) groups is 2. The first-order valence-corrected chi connectivity index (χ1v) is 6.92. The molecule has 4 nitrogen and oxygen atoms in total. The lowest BCUT2D eigenvalue weighted by molar-refractivity contribution is -0.111. The van der Waals surface area contributed by atoms with Crippen LogP contribution >= 0.6 is 11.6 Å². The van der Waals surface area contributed by atoms with Gasteiger partial charge in [-0.25, -0.2) is 4.79 Å². The van der Waals surface area contributed by atoms with E-state index in [1.807, 2.05) is 37.3 Å². The number of halogens is 1. The number of carboxylic acids is 1. The average molecular weight is 316 g/mol. The molecule has 1 amide bonds. The molecule has 0 aliphatic carbocycles. The zero-order chi connectivity index (χ0) is 16.1. The number of allylic oxidation sites excluding steroid dienone is 1. The van der Waals surface area contributed by atoms with Crippen LogP contribution < -0.4 is 5.32 Å². The van der Waals surface area contributed by atoms with Crippen LogP contribution in [0.15, 0.2) is 54.6 Å². The minimum absolute atomic E-state index is 0.0106. The lowest BCUT2D eigenvalue weighted by Crippen LogP contribution is -2.12. The van der Waals surface area contributed by atoms with Crippen molar-refractivity contribution >= 4 is 34.7 Å². The Labute approximate surface area is 133 Å². The van der Waals surface area contributed by atoms with Crippen molar-refractivity contribution in [3.63, 3.8) is 0 Å². The Morgan fingerprint density at radius 2 is 1.82 bits per heavy atom. The largest absolute Gasteiger partial charge is 0.478 e. The van der Waals surface area contributed by atoms with Gasteiger partial charge in [0.05, 0.1) is 11.3 Å². The third-order valence-corrected chi connectivity index (χ3v) is 3.28. The highest BCUT2D eigenvalue weighted by molar-refractivity contribution is 6.31. The predicted molar refractivity (Wildman–Crippen MR) is 87.1 cm³/mol. The second kappa shape index (κ2) is 6.91. The molecule has 0 saturated heterocycles. The molecule has 0 aliphatic heterocycles. The van der Waals surface area contributed by atoms with Crippen LogP contribution in [-0.2, 0) is 4.79 Å². The Hall–Kier alpha value is -2.59. The molecule has 112 valence electrons. The fourth-order valence-electron chi connectivity index (χ4n) is 1.96. The summed E-state index contributed by atoms with van der Waals surface area (Å²) >= 11 is 5.85. The summed E-state index contributed by atoms with van der Waals surface area (Å²) in [7, 11) is 0. The molecule has 2 N–H and O–H groups in total. The molecule has 2 rings (SSSR count). The smallest absolute Gasteiger partial charge is 0.337 e. The van der Waals surface area contributed by atoms with Crippen LogP contribution in [0.1, 0.15) is 22.8 Å². The maximum absolute atomic E-state index is 12.1. The van der Waals surface area contributed by atoms with E-state index < -0.39 is 11.9 Å². The zero-order valence-corrected chi connectivity index (χ0v) is 12.6. The summed E-state index contributed by atoms with van der Waals surface area (Å²) in [4.78, 5) is 23.2. The van der Waals surface area contributed by atoms with Crippen molar-refractivity contribution in [2.45, 2.75) is 6.92 Å². The highest BCUT2D eigenvalue weighted by Crippen LogP contribution is 2.21. The van der Waals surface area contributed by atoms with Gasteiger partial charge < -0.3 is 10.4 Å². The highest BCUT2D eigenvalue weighted by Gasteiger charge is 2.12. The normalized spacial score (nSPS) is 11.1. The van der Waals surface area contributed by atoms with Crippen molar-refractivity contribution in [1.29, 1.82) is 0 Å². The summed E-state index contributed by atoms with van der Waals surface area (Å²) < 4.78 is 0. The summed E-state index contributed by atoms with van der Waals surface area (Å²) in [6, 6.07) is 13.7. The van der Waals surface area contributed by atoms with Crippen LogP contribution in [0.3, 0.4) is 0 Å². The first-order valence-electron chi connectivity index (χ1n) is 6.55. The first-order chi connectivity index (χ1) is 10.5. The number of nitrogens with one attached hydrogen (secondary N) is 1. The maximum atomic E-state index is 12.1. The van der Waals surface area contributed by atoms with Gasteiger partial charge in [0.1, 0.15) is 0 Å². The summed E-state index contributed by atoms with van der Waals surface area (Å²) in [5, 5.41) is 12.0. The fraction of sp³-hybridized carbons (Fsp3) is 0.0588. The van der Waals surface area contributed by atoms with E-state index >= 15 is 0 Å². The van der Waals surface area contributed by atoms with Crippen molar-refractivity contribution in [3.05, 3.63) is 70.8 Å². The lowest BCUT2D eigenvalue weighted by atomic mass is 10.1. The second-order valence-electron chi connectivity index (χ2n) is 4.68. The molecular weight excluding hydrogens is 302 g/mol. The fourth-order valence-corrected chi connectivity index (χ4v) is 2.13. The van der Waals surface area contributed by atoms with E-state index in [9.17, 15) is 9.59 Å². The Kier molecular flexibility index (Phi) is 4.96. The van der Waals surface area contributed by atoms with Crippen molar-refractivity contribution in [2.75, 3.05) is 5.32 Å². The number of carboxylic acid groups (broad SMARTS) is 1. The molecule has 0 heterocycles. The van der Waals surface area contributed by atoms with Crippen LogP contribution in [0.5, 0.6) is 0 Å². The molecule has 5 heteroatoms. The topological polar surface area (TPSA) is 66.4 Å². The summed E-state index contributed by atoms with van der Waals surface area (Å²) in [5.41, 5.74) is 1.85. The van der Waals surface area contributed by atoms with Gasteiger partial charge in [-0.15, -0.1) is 0 Å². The van der Waals surface area contributed by atoms with Crippen molar-refractivity contribution in [3.8, 4) is 0 Å². The molecule has 0 unspecified atom stereocenters. The van der Waals surface area contributed by atoms with Crippen LogP contribution in [0.25, 0.3) is 5.57 Å². The number of benzene rings is 2. The monoisotopic (exact) mass is 315 g/mol. The lowest BCUT2D eigenvalue weighted by Gasteiger charge is -2.08. The number of hydrogen-bond donors (Lipinski definition) is 2. The minimum Gasteiger partial charge on any atom is -0.478 e. The third kappa shape index (κ3) is 3.96. The van der Waals surface area contributed by atoms with Crippen LogP contribution in [0.4, 0.5) is 5.69 Å². The number of rotatable bonds is 4. The Balaban J connectivity index is 2.23. The van der Waals surface area contributed by atoms with Gasteiger partial charge in [0.2, 0.25) is 5.91 Å². The van der Waals surface area contributed by atoms with Gasteiger partial charge in [-0.2, -0.15) is 0 Å². The number of carbonyl (C=O) groups excluding carboxylic acids is 1. The van der Waals surface area contributed by atoms with Gasteiger partial charge >= 0.3 is 5.97 Å². The van der Waals surface area contributed by atoms with Crippen LogP contribution in [-0.4, -0.2) is 17.0 Å². The van der Waals surface area contributed by atoms with Crippen molar-refractivity contribution in [1.82, 2.24) is 0 Å². The quantitative estimate of drug-likeness (QED) is 0.835. The molecule has 0 saturated carbocycles. The van der Waals surface area contributed by atoms with Crippen molar-refractivity contribution < 1.29 is 14.7 Å². The Bertz CT molecular complexity index is 739. The number of hydrogen-bond acceptors (Lipinski definition) is 2. The van der Waals surface area contributed by atoms with E-state index in [-0.39, 0.29) is 11.3 Å². The highest BCUT2D eigenvalue weighted by atomic mass is 35.5. The van der Waals surface area contributed by atoms with Gasteiger partial charge in [-0.05, 0) is 36.3 Å². The SMILES string of the molecule is CC(=CC(=O)Nc1cc(Cl)ccc1C(=O)O)c1ccccc1. The van der Waals surface area contributed by atoms with Gasteiger partial charge in [0.15, 0.2) is 0 Å². The molecule has 0 radical (unpaired) electrons. The molecule has 2 aromatic rings. The molecule has 22 heavy (non-hydrogen) atoms. The van der Waals surface area contributed by atoms with Crippen LogP contribution in [0.2, 0.25) is 5.02 Å². The number of anilines is 1. The first kappa shape index (κ1) is 15.8. The van der Waals surface area contributed by atoms with E-state index in [4.69, 9.17) is 16.7 Å². The Morgan fingerprint density at radius 1 is 1.14 bits per heavy atom. The van der Waals surface area contributed by atoms with E-state index in [2.05, 4.69) is 5.32 Å². The van der Waals surface area contributed by atoms with Gasteiger partial charge in [0, 0.05) is 11.1 Å². The number of aromatic carboxylic acids is 1. The maximum Gasteiger partial charge on any atom is 0.337 e. The summed E-state index contributed by atoms with van der Waals surface area (Å²) in [5.74, 6) is -1.54. The standard InChI is InChI=1S/C17H14ClNO3/c1-11(12-5-3-2-4-6-12)9-16(20)19-15-10-13(18)7-8-14(15)17(21)22/h2-10H,1H3,(H,19,20)(H,21,22). The second-order valence-corrected chi connectivity index (χ2v) is 5.11. The minimum atomic E-state index is -1.13. The molecule has 0 spiro atoms. The predicted octanol–water partition coefficient (Wildman–Crippen LogP) is 4.08. The average Bonchev–Trinajstić information content (AvgIpc) is 2.47. The van der Waals surface area contributed by atoms with Gasteiger partial charge in [0.25, 0.3) is 0 Å². The Morgan fingerprint density at radius 3 is 2.45 bits per heavy atom. The molecule has 0 bridgehead atoms. The molecule has 0 atom stereocenters. The summed E-state index contributed by atoms with van der Waals surface area (Å²) in [6.45, 7) is 1.81. The summed E-state index contributed by atoms with van der Waals surface area (Å²) in [6.07, 6.45) is 1.42. The zero-order valence-electron chi connectivity index (χ0n) is 11.8. The third-order valence-electron chi connectivity index (χ3n) is 3.05. The molecule has 0 fully saturated rings. The van der Waals surface area contributed by atoms with Crippen LogP contribution in [0, 0.1) is 0 Å². The molecule has 0 aromatic heterocycles. The molecular formula is C17H14ClNO3. The van der Waals surface area contributed by atoms with E-state index in [0.717, 1.165) is 11.1 Å². The van der Waals surface area contributed by atoms with Crippen molar-refractivity contribution in [2.24, 2.45) is 0 Å². The van der Waals surface area contributed by atoms with E-state index in [1.54, 1.807) is 0 Å². The van der Waals surface area contributed by atoms with Gasteiger partial charge in [-0.1, -0.05) is 41.9 Å². The van der Waals surface area contributed by atoms with E-state index in [0.29, 0.717) is 5.02 Å².